The molecular formula is C14H22N2O8. The Kier molecular flexibility index (Phi) is 9.06. The molecule has 0 rings (SSSR count). The van der Waals surface area contributed by atoms with Gasteiger partial charge in [-0.05, 0) is 12.8 Å². The van der Waals surface area contributed by atoms with Gasteiger partial charge in [0, 0.05) is 18.8 Å². The summed E-state index contributed by atoms with van der Waals surface area (Å²) in [5.41, 5.74) is 0. The van der Waals surface area contributed by atoms with E-state index >= 15 is 0 Å². The molecule has 2 unspecified atom stereocenters. The number of carbonyl (C=O) groups is 5. The Labute approximate surface area is 138 Å². The average molecular weight is 346 g/mol. The molecule has 24 heavy (non-hydrogen) atoms. The van der Waals surface area contributed by atoms with Crippen LogP contribution in [0.15, 0.2) is 0 Å². The second-order valence-corrected chi connectivity index (χ2v) is 5.48. The summed E-state index contributed by atoms with van der Waals surface area (Å²) in [5, 5.41) is 30.8. The third kappa shape index (κ3) is 8.71. The Hall–Kier alpha value is -2.65. The van der Waals surface area contributed by atoms with Gasteiger partial charge in [0.15, 0.2) is 0 Å². The molecule has 0 aliphatic rings. The molecule has 0 aromatic rings. The van der Waals surface area contributed by atoms with Gasteiger partial charge < -0.3 is 26.0 Å². The minimum atomic E-state index is -1.45. The Bertz CT molecular complexity index is 503. The van der Waals surface area contributed by atoms with Crippen LogP contribution in [0.3, 0.4) is 0 Å². The maximum Gasteiger partial charge on any atom is 0.326 e. The lowest BCUT2D eigenvalue weighted by molar-refractivity contribution is -0.144. The first-order chi connectivity index (χ1) is 11.0. The molecule has 0 spiro atoms. The van der Waals surface area contributed by atoms with E-state index in [1.165, 1.54) is 0 Å². The van der Waals surface area contributed by atoms with Crippen LogP contribution in [-0.4, -0.2) is 57.1 Å². The normalized spacial score (nSPS) is 13.0. The number of amides is 2. The first-order valence-corrected chi connectivity index (χ1v) is 7.31. The van der Waals surface area contributed by atoms with Crippen molar-refractivity contribution >= 4 is 29.7 Å². The first kappa shape index (κ1) is 21.4. The fourth-order valence-corrected chi connectivity index (χ4v) is 1.67. The number of nitrogens with one attached hydrogen (secondary N) is 2. The van der Waals surface area contributed by atoms with Gasteiger partial charge in [-0.15, -0.1) is 0 Å². The zero-order valence-corrected chi connectivity index (χ0v) is 13.4. The topological polar surface area (TPSA) is 170 Å². The highest BCUT2D eigenvalue weighted by molar-refractivity contribution is 5.91. The number of hydrogen-bond acceptors (Lipinski definition) is 5. The third-order valence-electron chi connectivity index (χ3n) is 3.07. The lowest BCUT2D eigenvalue weighted by Crippen LogP contribution is -2.52. The largest absolute Gasteiger partial charge is 0.481 e. The maximum atomic E-state index is 12.1. The number of rotatable bonds is 11. The SMILES string of the molecule is CC(C)C(=O)NC(CCC(=O)O)C(=O)NC(CCC(=O)O)C(=O)O. The van der Waals surface area contributed by atoms with Crippen LogP contribution in [0.5, 0.6) is 0 Å². The number of hydrogen-bond donors (Lipinski definition) is 5. The molecule has 0 bridgehead atoms. The standard InChI is InChI=1S/C14H22N2O8/c1-7(2)12(21)15-8(3-5-10(17)18)13(22)16-9(14(23)24)4-6-11(19)20/h7-9H,3-6H2,1-2H3,(H,15,21)(H,16,22)(H,17,18)(H,19,20)(H,23,24). The summed E-state index contributed by atoms with van der Waals surface area (Å²) in [7, 11) is 0. The highest BCUT2D eigenvalue weighted by atomic mass is 16.4. The third-order valence-corrected chi connectivity index (χ3v) is 3.07. The van der Waals surface area contributed by atoms with Crippen molar-refractivity contribution in [3.63, 3.8) is 0 Å². The molecule has 5 N–H and O–H groups in total. The van der Waals surface area contributed by atoms with Gasteiger partial charge in [0.2, 0.25) is 11.8 Å². The predicted molar refractivity (Wildman–Crippen MR) is 80.1 cm³/mol. The summed E-state index contributed by atoms with van der Waals surface area (Å²) in [6, 6.07) is -2.67. The van der Waals surface area contributed by atoms with Crippen LogP contribution in [-0.2, 0) is 24.0 Å². The zero-order valence-electron chi connectivity index (χ0n) is 13.4. The number of carboxylic acid groups (broad SMARTS) is 3. The van der Waals surface area contributed by atoms with E-state index in [1.807, 2.05) is 0 Å². The van der Waals surface area contributed by atoms with E-state index in [0.29, 0.717) is 0 Å². The van der Waals surface area contributed by atoms with Crippen LogP contribution in [0.1, 0.15) is 39.5 Å². The molecular weight excluding hydrogens is 324 g/mol. The van der Waals surface area contributed by atoms with Crippen molar-refractivity contribution in [1.82, 2.24) is 10.6 Å². The summed E-state index contributed by atoms with van der Waals surface area (Å²) in [6.07, 6.45) is -1.41. The molecule has 0 aromatic heterocycles. The van der Waals surface area contributed by atoms with E-state index in [2.05, 4.69) is 10.6 Å². The summed E-state index contributed by atoms with van der Waals surface area (Å²) in [6.45, 7) is 3.16. The molecule has 0 fully saturated rings. The van der Waals surface area contributed by atoms with Gasteiger partial charge in [-0.3, -0.25) is 19.2 Å². The zero-order chi connectivity index (χ0) is 18.9. The fourth-order valence-electron chi connectivity index (χ4n) is 1.67. The smallest absolute Gasteiger partial charge is 0.326 e. The fraction of sp³-hybridized carbons (Fsp3) is 0.643. The molecule has 10 heteroatoms. The minimum Gasteiger partial charge on any atom is -0.481 e. The number of carbonyl (C=O) groups excluding carboxylic acids is 2. The van der Waals surface area contributed by atoms with E-state index in [4.69, 9.17) is 15.3 Å². The Morgan fingerprint density at radius 2 is 1.17 bits per heavy atom. The monoisotopic (exact) mass is 346 g/mol. The van der Waals surface area contributed by atoms with Crippen LogP contribution < -0.4 is 10.6 Å². The molecule has 0 radical (unpaired) electrons. The Morgan fingerprint density at radius 3 is 1.54 bits per heavy atom. The van der Waals surface area contributed by atoms with Crippen molar-refractivity contribution in [1.29, 1.82) is 0 Å². The van der Waals surface area contributed by atoms with Gasteiger partial charge in [-0.25, -0.2) is 4.79 Å². The minimum absolute atomic E-state index is 0.217. The summed E-state index contributed by atoms with van der Waals surface area (Å²) < 4.78 is 0. The van der Waals surface area contributed by atoms with Crippen molar-refractivity contribution in [2.24, 2.45) is 5.92 Å². The van der Waals surface area contributed by atoms with Crippen LogP contribution in [0, 0.1) is 5.92 Å². The maximum absolute atomic E-state index is 12.1. The molecule has 0 saturated heterocycles. The second-order valence-electron chi connectivity index (χ2n) is 5.48. The van der Waals surface area contributed by atoms with Crippen LogP contribution in [0.25, 0.3) is 0 Å². The van der Waals surface area contributed by atoms with Crippen molar-refractivity contribution < 1.29 is 39.3 Å². The summed E-state index contributed by atoms with van der Waals surface area (Å²) >= 11 is 0. The lowest BCUT2D eigenvalue weighted by Gasteiger charge is -2.21. The highest BCUT2D eigenvalue weighted by Crippen LogP contribution is 2.04. The molecule has 2 atom stereocenters. The Morgan fingerprint density at radius 1 is 0.750 bits per heavy atom. The summed E-state index contributed by atoms with van der Waals surface area (Å²) in [4.78, 5) is 56.1. The average Bonchev–Trinajstić information content (AvgIpc) is 2.46. The van der Waals surface area contributed by atoms with Crippen LogP contribution in [0.2, 0.25) is 0 Å². The molecule has 0 aliphatic carbocycles. The van der Waals surface area contributed by atoms with E-state index in [-0.39, 0.29) is 12.8 Å². The van der Waals surface area contributed by atoms with E-state index < -0.39 is 60.6 Å². The van der Waals surface area contributed by atoms with Gasteiger partial charge in [0.1, 0.15) is 12.1 Å². The molecule has 136 valence electrons. The molecule has 2 amide bonds. The van der Waals surface area contributed by atoms with Crippen LogP contribution in [0.4, 0.5) is 0 Å². The predicted octanol–water partition coefficient (Wildman–Crippen LogP) is -0.574. The highest BCUT2D eigenvalue weighted by Gasteiger charge is 2.27. The number of carboxylic acids is 3. The molecule has 0 saturated carbocycles. The van der Waals surface area contributed by atoms with Crippen molar-refractivity contribution in [2.45, 2.75) is 51.6 Å². The summed E-state index contributed by atoms with van der Waals surface area (Å²) in [5.74, 6) is -5.62. The molecule has 0 aromatic carbocycles. The van der Waals surface area contributed by atoms with Crippen molar-refractivity contribution in [2.75, 3.05) is 0 Å². The van der Waals surface area contributed by atoms with Gasteiger partial charge in [0.05, 0.1) is 0 Å². The quantitative estimate of drug-likeness (QED) is 0.331. The first-order valence-electron chi connectivity index (χ1n) is 7.31. The van der Waals surface area contributed by atoms with Crippen molar-refractivity contribution in [3.8, 4) is 0 Å². The van der Waals surface area contributed by atoms with Crippen LogP contribution >= 0.6 is 0 Å². The molecule has 0 aliphatic heterocycles. The van der Waals surface area contributed by atoms with E-state index in [1.54, 1.807) is 13.8 Å². The van der Waals surface area contributed by atoms with Gasteiger partial charge >= 0.3 is 17.9 Å². The van der Waals surface area contributed by atoms with E-state index in [0.717, 1.165) is 0 Å². The Balaban J connectivity index is 4.97. The molecule has 0 heterocycles. The van der Waals surface area contributed by atoms with Gasteiger partial charge in [-0.1, -0.05) is 13.8 Å². The second kappa shape index (κ2) is 10.2. The van der Waals surface area contributed by atoms with Crippen molar-refractivity contribution in [3.05, 3.63) is 0 Å². The molecule has 10 nitrogen and oxygen atoms in total. The van der Waals surface area contributed by atoms with Gasteiger partial charge in [-0.2, -0.15) is 0 Å². The van der Waals surface area contributed by atoms with E-state index in [9.17, 15) is 24.0 Å². The lowest BCUT2D eigenvalue weighted by atomic mass is 10.1. The number of aliphatic carboxylic acids is 3. The van der Waals surface area contributed by atoms with Gasteiger partial charge in [0.25, 0.3) is 0 Å².